The molecule has 0 aromatic carbocycles. The number of hydrogen-bond donors (Lipinski definition) is 1. The van der Waals surface area contributed by atoms with Gasteiger partial charge in [-0.2, -0.15) is 0 Å². The van der Waals surface area contributed by atoms with Crippen LogP contribution in [-0.4, -0.2) is 53.1 Å². The molecule has 1 saturated heterocycles. The van der Waals surface area contributed by atoms with Crippen molar-refractivity contribution in [2.24, 2.45) is 0 Å². The SMILES string of the molecule is CCN1CCN(c2ncc(CNC(C)C)cn2)CC1C. The molecule has 5 nitrogen and oxygen atoms in total. The van der Waals surface area contributed by atoms with Gasteiger partial charge in [0.1, 0.15) is 0 Å². The van der Waals surface area contributed by atoms with E-state index in [1.165, 1.54) is 0 Å². The molecule has 1 aliphatic heterocycles. The zero-order chi connectivity index (χ0) is 14.5. The number of anilines is 1. The molecule has 0 bridgehead atoms. The Morgan fingerprint density at radius 1 is 1.30 bits per heavy atom. The van der Waals surface area contributed by atoms with Gasteiger partial charge in [-0.3, -0.25) is 4.90 Å². The van der Waals surface area contributed by atoms with Gasteiger partial charge in [-0.05, 0) is 13.5 Å². The first-order chi connectivity index (χ1) is 9.60. The fourth-order valence-electron chi connectivity index (χ4n) is 2.57. The highest BCUT2D eigenvalue weighted by molar-refractivity contribution is 5.31. The molecule has 1 atom stereocenters. The number of hydrogen-bond acceptors (Lipinski definition) is 5. The fraction of sp³-hybridized carbons (Fsp3) is 0.733. The lowest BCUT2D eigenvalue weighted by Crippen LogP contribution is -2.52. The van der Waals surface area contributed by atoms with Gasteiger partial charge in [0.2, 0.25) is 5.95 Å². The van der Waals surface area contributed by atoms with Crippen molar-refractivity contribution in [1.82, 2.24) is 20.2 Å². The van der Waals surface area contributed by atoms with Gasteiger partial charge < -0.3 is 10.2 Å². The molecule has 0 amide bonds. The minimum absolute atomic E-state index is 0.484. The molecule has 1 fully saturated rings. The lowest BCUT2D eigenvalue weighted by molar-refractivity contribution is 0.198. The van der Waals surface area contributed by atoms with Crippen molar-refractivity contribution in [3.8, 4) is 0 Å². The van der Waals surface area contributed by atoms with Crippen molar-refractivity contribution in [3.05, 3.63) is 18.0 Å². The number of likely N-dealkylation sites (N-methyl/N-ethyl adjacent to an activating group) is 1. The predicted molar refractivity (Wildman–Crippen MR) is 82.9 cm³/mol. The summed E-state index contributed by atoms with van der Waals surface area (Å²) >= 11 is 0. The van der Waals surface area contributed by atoms with Crippen LogP contribution in [0, 0.1) is 0 Å². The first kappa shape index (κ1) is 15.2. The van der Waals surface area contributed by atoms with Crippen molar-refractivity contribution in [3.63, 3.8) is 0 Å². The summed E-state index contributed by atoms with van der Waals surface area (Å²) in [6.45, 7) is 13.9. The van der Waals surface area contributed by atoms with Crippen LogP contribution in [-0.2, 0) is 6.54 Å². The summed E-state index contributed by atoms with van der Waals surface area (Å²) in [7, 11) is 0. The average Bonchev–Trinajstić information content (AvgIpc) is 2.45. The highest BCUT2D eigenvalue weighted by atomic mass is 15.3. The number of aromatic nitrogens is 2. The molecule has 2 heterocycles. The van der Waals surface area contributed by atoms with Crippen LogP contribution in [0.25, 0.3) is 0 Å². The van der Waals surface area contributed by atoms with Crippen molar-refractivity contribution in [1.29, 1.82) is 0 Å². The molecule has 1 aromatic rings. The number of rotatable bonds is 5. The third-order valence-electron chi connectivity index (χ3n) is 3.86. The van der Waals surface area contributed by atoms with E-state index in [2.05, 4.69) is 52.8 Å². The van der Waals surface area contributed by atoms with Crippen LogP contribution in [0.4, 0.5) is 5.95 Å². The van der Waals surface area contributed by atoms with Gasteiger partial charge in [0.25, 0.3) is 0 Å². The summed E-state index contributed by atoms with van der Waals surface area (Å²) < 4.78 is 0. The molecule has 20 heavy (non-hydrogen) atoms. The Labute approximate surface area is 122 Å². The largest absolute Gasteiger partial charge is 0.338 e. The van der Waals surface area contributed by atoms with Crippen LogP contribution in [0.5, 0.6) is 0 Å². The summed E-state index contributed by atoms with van der Waals surface area (Å²) in [5.41, 5.74) is 1.14. The lowest BCUT2D eigenvalue weighted by Gasteiger charge is -2.39. The van der Waals surface area contributed by atoms with E-state index in [0.717, 1.165) is 44.2 Å². The number of piperazine rings is 1. The molecule has 1 aromatic heterocycles. The molecule has 0 spiro atoms. The van der Waals surface area contributed by atoms with E-state index in [9.17, 15) is 0 Å². The highest BCUT2D eigenvalue weighted by Crippen LogP contribution is 2.14. The van der Waals surface area contributed by atoms with Gasteiger partial charge in [0.15, 0.2) is 0 Å². The second kappa shape index (κ2) is 6.99. The van der Waals surface area contributed by atoms with Crippen molar-refractivity contribution in [2.45, 2.75) is 46.3 Å². The maximum atomic E-state index is 4.52. The second-order valence-corrected chi connectivity index (χ2v) is 5.85. The van der Waals surface area contributed by atoms with Gasteiger partial charge in [0.05, 0.1) is 0 Å². The first-order valence-corrected chi connectivity index (χ1v) is 7.63. The van der Waals surface area contributed by atoms with Gasteiger partial charge >= 0.3 is 0 Å². The molecular weight excluding hydrogens is 250 g/mol. The third-order valence-corrected chi connectivity index (χ3v) is 3.86. The standard InChI is InChI=1S/C15H27N5/c1-5-19-6-7-20(11-13(19)4)15-17-9-14(10-18-15)8-16-12(2)3/h9-10,12-13,16H,5-8,11H2,1-4H3. The molecule has 2 rings (SSSR count). The van der Waals surface area contributed by atoms with Gasteiger partial charge in [-0.25, -0.2) is 9.97 Å². The Kier molecular flexibility index (Phi) is 5.31. The molecule has 1 unspecified atom stereocenters. The predicted octanol–water partition coefficient (Wildman–Crippen LogP) is 1.50. The lowest BCUT2D eigenvalue weighted by atomic mass is 10.2. The highest BCUT2D eigenvalue weighted by Gasteiger charge is 2.23. The minimum atomic E-state index is 0.484. The summed E-state index contributed by atoms with van der Waals surface area (Å²) in [6.07, 6.45) is 3.88. The van der Waals surface area contributed by atoms with E-state index in [0.29, 0.717) is 12.1 Å². The van der Waals surface area contributed by atoms with Gasteiger partial charge in [-0.15, -0.1) is 0 Å². The minimum Gasteiger partial charge on any atom is -0.338 e. The van der Waals surface area contributed by atoms with E-state index in [-0.39, 0.29) is 0 Å². The molecular formula is C15H27N5. The molecule has 0 saturated carbocycles. The molecule has 5 heteroatoms. The molecule has 1 N–H and O–H groups in total. The van der Waals surface area contributed by atoms with Gasteiger partial charge in [0, 0.05) is 56.2 Å². The van der Waals surface area contributed by atoms with Crippen LogP contribution < -0.4 is 10.2 Å². The zero-order valence-corrected chi connectivity index (χ0v) is 13.1. The van der Waals surface area contributed by atoms with E-state index in [1.54, 1.807) is 0 Å². The molecule has 1 aliphatic rings. The maximum Gasteiger partial charge on any atom is 0.225 e. The molecule has 0 aliphatic carbocycles. The molecule has 0 radical (unpaired) electrons. The summed E-state index contributed by atoms with van der Waals surface area (Å²) in [4.78, 5) is 13.8. The van der Waals surface area contributed by atoms with Crippen LogP contribution in [0.3, 0.4) is 0 Å². The number of nitrogens with one attached hydrogen (secondary N) is 1. The zero-order valence-electron chi connectivity index (χ0n) is 13.1. The number of nitrogens with zero attached hydrogens (tertiary/aromatic N) is 4. The fourth-order valence-corrected chi connectivity index (χ4v) is 2.57. The van der Waals surface area contributed by atoms with Crippen molar-refractivity contribution < 1.29 is 0 Å². The maximum absolute atomic E-state index is 4.52. The van der Waals surface area contributed by atoms with Crippen LogP contribution >= 0.6 is 0 Å². The summed E-state index contributed by atoms with van der Waals surface area (Å²) in [6, 6.07) is 1.05. The Hall–Kier alpha value is -1.20. The third kappa shape index (κ3) is 3.90. The quantitative estimate of drug-likeness (QED) is 0.884. The Morgan fingerprint density at radius 2 is 2.00 bits per heavy atom. The van der Waals surface area contributed by atoms with Crippen LogP contribution in [0.15, 0.2) is 12.4 Å². The van der Waals surface area contributed by atoms with Crippen LogP contribution in [0.2, 0.25) is 0 Å². The summed E-state index contributed by atoms with van der Waals surface area (Å²) in [5, 5.41) is 3.38. The van der Waals surface area contributed by atoms with Crippen molar-refractivity contribution in [2.75, 3.05) is 31.1 Å². The van der Waals surface area contributed by atoms with E-state index >= 15 is 0 Å². The van der Waals surface area contributed by atoms with E-state index in [4.69, 9.17) is 0 Å². The topological polar surface area (TPSA) is 44.3 Å². The Balaban J connectivity index is 1.93. The average molecular weight is 277 g/mol. The Morgan fingerprint density at radius 3 is 2.55 bits per heavy atom. The molecule has 112 valence electrons. The summed E-state index contributed by atoms with van der Waals surface area (Å²) in [5.74, 6) is 0.862. The normalized spacial score (nSPS) is 20.6. The van der Waals surface area contributed by atoms with E-state index in [1.807, 2.05) is 12.4 Å². The van der Waals surface area contributed by atoms with Crippen molar-refractivity contribution >= 4 is 5.95 Å². The monoisotopic (exact) mass is 277 g/mol. The van der Waals surface area contributed by atoms with Crippen LogP contribution in [0.1, 0.15) is 33.3 Å². The van der Waals surface area contributed by atoms with Gasteiger partial charge in [-0.1, -0.05) is 20.8 Å². The first-order valence-electron chi connectivity index (χ1n) is 7.63. The van der Waals surface area contributed by atoms with E-state index < -0.39 is 0 Å². The Bertz CT molecular complexity index is 403. The second-order valence-electron chi connectivity index (χ2n) is 5.85. The smallest absolute Gasteiger partial charge is 0.225 e.